The number of pyridine rings is 2. The topological polar surface area (TPSA) is 25.8 Å². The first-order chi connectivity index (χ1) is 21.3. The van der Waals surface area contributed by atoms with E-state index in [-0.39, 0.29) is 36.4 Å². The van der Waals surface area contributed by atoms with E-state index in [4.69, 9.17) is 0 Å². The number of hydrogen-bond acceptors (Lipinski definition) is 2. The van der Waals surface area contributed by atoms with Crippen LogP contribution in [0.2, 0.25) is 0 Å². The van der Waals surface area contributed by atoms with E-state index in [9.17, 15) is 0 Å². The molecule has 0 atom stereocenters. The Bertz CT molecular complexity index is 1900. The van der Waals surface area contributed by atoms with E-state index in [1.807, 2.05) is 30.6 Å². The summed E-state index contributed by atoms with van der Waals surface area (Å²) in [5, 5.41) is 2.65. The van der Waals surface area contributed by atoms with Crippen molar-refractivity contribution in [3.63, 3.8) is 0 Å². The van der Waals surface area contributed by atoms with Crippen LogP contribution in [0.1, 0.15) is 77.6 Å². The van der Waals surface area contributed by atoms with E-state index >= 15 is 0 Å². The van der Waals surface area contributed by atoms with Gasteiger partial charge in [-0.3, -0.25) is 0 Å². The van der Waals surface area contributed by atoms with Crippen LogP contribution < -0.4 is 0 Å². The summed E-state index contributed by atoms with van der Waals surface area (Å²) in [6, 6.07) is 41.0. The Morgan fingerprint density at radius 3 is 1.91 bits per heavy atom. The SMILES string of the molecule is CC(C)(C)c1c[c-]c(-c2ccc(C(C)(C)C)cn2)cc1.CC1(C)c2c[c-]c(-c3ccccn3)cc2-c2ccc3ccccc3c21.[Ir]. The second-order valence-corrected chi connectivity index (χ2v) is 14.6. The Labute approximate surface area is 288 Å². The first-order valence-corrected chi connectivity index (χ1v) is 15.8. The van der Waals surface area contributed by atoms with Gasteiger partial charge in [-0.1, -0.05) is 122 Å². The normalized spacial score (nSPS) is 13.2. The van der Waals surface area contributed by atoms with Crippen molar-refractivity contribution in [3.05, 3.63) is 144 Å². The fourth-order valence-electron chi connectivity index (χ4n) is 6.25. The van der Waals surface area contributed by atoms with Gasteiger partial charge in [0.15, 0.2) is 0 Å². The predicted molar refractivity (Wildman–Crippen MR) is 189 cm³/mol. The van der Waals surface area contributed by atoms with Gasteiger partial charge in [0.25, 0.3) is 0 Å². The first-order valence-electron chi connectivity index (χ1n) is 15.8. The zero-order valence-electron chi connectivity index (χ0n) is 28.1. The third kappa shape index (κ3) is 6.50. The molecule has 1 radical (unpaired) electrons. The van der Waals surface area contributed by atoms with Crippen LogP contribution >= 0.6 is 0 Å². The van der Waals surface area contributed by atoms with Crippen molar-refractivity contribution in [1.82, 2.24) is 9.97 Å². The molecule has 0 unspecified atom stereocenters. The molecule has 1 aliphatic carbocycles. The minimum absolute atomic E-state index is 0. The first kappa shape index (κ1) is 33.5. The summed E-state index contributed by atoms with van der Waals surface area (Å²) in [5.74, 6) is 0. The van der Waals surface area contributed by atoms with Crippen molar-refractivity contribution < 1.29 is 20.1 Å². The molecule has 0 fully saturated rings. The van der Waals surface area contributed by atoms with Crippen molar-refractivity contribution in [2.45, 2.75) is 71.6 Å². The van der Waals surface area contributed by atoms with Crippen molar-refractivity contribution >= 4 is 10.8 Å². The molecule has 6 aromatic rings. The molecule has 235 valence electrons. The van der Waals surface area contributed by atoms with Crippen LogP contribution in [-0.4, -0.2) is 9.97 Å². The average molecular weight is 779 g/mol. The second kappa shape index (κ2) is 12.7. The smallest absolute Gasteiger partial charge is 0.0198 e. The van der Waals surface area contributed by atoms with Gasteiger partial charge in [0.2, 0.25) is 0 Å². The van der Waals surface area contributed by atoms with E-state index in [2.05, 4.69) is 156 Å². The molecule has 0 amide bonds. The van der Waals surface area contributed by atoms with Gasteiger partial charge in [-0.2, -0.15) is 0 Å². The molecule has 3 heteroatoms. The number of aromatic nitrogens is 2. The zero-order valence-corrected chi connectivity index (χ0v) is 30.5. The van der Waals surface area contributed by atoms with Gasteiger partial charge >= 0.3 is 0 Å². The molecule has 1 aliphatic rings. The molecule has 2 nitrogen and oxygen atoms in total. The molecule has 0 saturated carbocycles. The van der Waals surface area contributed by atoms with Gasteiger partial charge < -0.3 is 9.97 Å². The maximum absolute atomic E-state index is 4.58. The van der Waals surface area contributed by atoms with Gasteiger partial charge in [-0.15, -0.1) is 64.7 Å². The third-order valence-electron chi connectivity index (χ3n) is 8.99. The average Bonchev–Trinajstić information content (AvgIpc) is 3.27. The van der Waals surface area contributed by atoms with E-state index in [1.54, 1.807) is 0 Å². The summed E-state index contributed by atoms with van der Waals surface area (Å²) in [6.07, 6.45) is 3.81. The molecule has 0 aliphatic heterocycles. The largest absolute Gasteiger partial charge is 0.305 e. The van der Waals surface area contributed by atoms with Crippen molar-refractivity contribution in [2.75, 3.05) is 0 Å². The number of rotatable bonds is 2. The molecule has 0 spiro atoms. The Balaban J connectivity index is 0.000000182. The van der Waals surface area contributed by atoms with Crippen LogP contribution in [0.4, 0.5) is 0 Å². The molecule has 0 bridgehead atoms. The minimum Gasteiger partial charge on any atom is -0.305 e. The van der Waals surface area contributed by atoms with E-state index in [1.165, 1.54) is 44.2 Å². The fraction of sp³-hybridized carbons (Fsp3) is 0.256. The summed E-state index contributed by atoms with van der Waals surface area (Å²) >= 11 is 0. The summed E-state index contributed by atoms with van der Waals surface area (Å²) < 4.78 is 0. The third-order valence-corrected chi connectivity index (χ3v) is 8.99. The molecule has 2 aromatic heterocycles. The number of fused-ring (bicyclic) bond motifs is 5. The molecule has 0 N–H and O–H groups in total. The van der Waals surface area contributed by atoms with Crippen LogP contribution in [0, 0.1) is 12.1 Å². The molecule has 7 rings (SSSR count). The Hall–Kier alpha value is -3.91. The van der Waals surface area contributed by atoms with E-state index in [0.717, 1.165) is 22.5 Å². The van der Waals surface area contributed by atoms with Crippen LogP contribution in [0.25, 0.3) is 44.4 Å². The van der Waals surface area contributed by atoms with E-state index < -0.39 is 0 Å². The summed E-state index contributed by atoms with van der Waals surface area (Å²) in [4.78, 5) is 9.06. The quantitative estimate of drug-likeness (QED) is 0.164. The molecular formula is C43H42IrN2-2. The summed E-state index contributed by atoms with van der Waals surface area (Å²) in [5.41, 5.74) is 12.3. The van der Waals surface area contributed by atoms with Gasteiger partial charge in [0.05, 0.1) is 0 Å². The summed E-state index contributed by atoms with van der Waals surface area (Å²) in [6.45, 7) is 17.9. The minimum atomic E-state index is -0.0231. The van der Waals surface area contributed by atoms with Crippen LogP contribution in [0.5, 0.6) is 0 Å². The van der Waals surface area contributed by atoms with Gasteiger partial charge in [0, 0.05) is 32.5 Å². The summed E-state index contributed by atoms with van der Waals surface area (Å²) in [7, 11) is 0. The molecule has 46 heavy (non-hydrogen) atoms. The predicted octanol–water partition coefficient (Wildman–Crippen LogP) is 11.1. The Kier molecular flexibility index (Phi) is 9.24. The number of benzene rings is 4. The van der Waals surface area contributed by atoms with Crippen molar-refractivity contribution in [1.29, 1.82) is 0 Å². The second-order valence-electron chi connectivity index (χ2n) is 14.6. The molecule has 4 aromatic carbocycles. The van der Waals surface area contributed by atoms with Crippen LogP contribution in [0.3, 0.4) is 0 Å². The Morgan fingerprint density at radius 2 is 1.28 bits per heavy atom. The van der Waals surface area contributed by atoms with Gasteiger partial charge in [-0.05, 0) is 61.2 Å². The maximum Gasteiger partial charge on any atom is 0.0198 e. The van der Waals surface area contributed by atoms with Crippen LogP contribution in [0.15, 0.2) is 109 Å². The zero-order chi connectivity index (χ0) is 32.0. The number of nitrogens with zero attached hydrogens (tertiary/aromatic N) is 2. The molecule has 2 heterocycles. The monoisotopic (exact) mass is 779 g/mol. The van der Waals surface area contributed by atoms with E-state index in [0.29, 0.717) is 0 Å². The molecular weight excluding hydrogens is 737 g/mol. The van der Waals surface area contributed by atoms with Gasteiger partial charge in [0.1, 0.15) is 0 Å². The Morgan fingerprint density at radius 1 is 0.609 bits per heavy atom. The van der Waals surface area contributed by atoms with Gasteiger partial charge in [-0.25, -0.2) is 0 Å². The van der Waals surface area contributed by atoms with Crippen molar-refractivity contribution in [2.24, 2.45) is 0 Å². The standard InChI is InChI=1S/C24H18N.C19H24N.Ir/c1-24(2)21-13-11-17(22-9-5-6-14-25-22)15-20(21)19-12-10-16-7-3-4-8-18(16)23(19)24;1-18(2,3)15-9-7-14(8-10-15)17-12-11-16(13-20-17)19(4,5)6;/h3-10,12-15H,1-2H3;7,9-13H,1-6H3;/q2*-1;. The molecule has 0 saturated heterocycles. The van der Waals surface area contributed by atoms with Crippen molar-refractivity contribution in [3.8, 4) is 33.6 Å². The van der Waals surface area contributed by atoms with Crippen LogP contribution in [-0.2, 0) is 36.4 Å². The number of hydrogen-bond donors (Lipinski definition) is 0. The maximum atomic E-state index is 4.58. The fourth-order valence-corrected chi connectivity index (χ4v) is 6.25.